The zero-order valence-corrected chi connectivity index (χ0v) is 12.9. The molecule has 0 aromatic heterocycles. The van der Waals surface area contributed by atoms with Crippen LogP contribution in [0.3, 0.4) is 0 Å². The van der Waals surface area contributed by atoms with Crippen LogP contribution < -0.4 is 5.32 Å². The summed E-state index contributed by atoms with van der Waals surface area (Å²) in [4.78, 5) is 26.1. The van der Waals surface area contributed by atoms with Gasteiger partial charge in [-0.2, -0.15) is 0 Å². The summed E-state index contributed by atoms with van der Waals surface area (Å²) in [6, 6.07) is 7.75. The molecule has 0 saturated carbocycles. The zero-order chi connectivity index (χ0) is 15.2. The smallest absolute Gasteiger partial charge is 0.317 e. The molecule has 0 spiro atoms. The molecule has 1 heterocycles. The van der Waals surface area contributed by atoms with Gasteiger partial charge in [-0.25, -0.2) is 4.79 Å². The standard InChI is InChI=1S/C17H24N2O2/c1-3-10-18-17(21)19-11-8-15(9-12-19)16(20)14-6-4-13(2)5-7-14/h4-7,15H,3,8-12H2,1-2H3,(H,18,21). The molecule has 0 radical (unpaired) electrons. The predicted octanol–water partition coefficient (Wildman–Crippen LogP) is 3.01. The van der Waals surface area contributed by atoms with Crippen molar-refractivity contribution in [3.63, 3.8) is 0 Å². The van der Waals surface area contributed by atoms with E-state index < -0.39 is 0 Å². The van der Waals surface area contributed by atoms with Crippen LogP contribution in [-0.2, 0) is 0 Å². The van der Waals surface area contributed by atoms with E-state index in [-0.39, 0.29) is 17.7 Å². The molecule has 1 N–H and O–H groups in total. The summed E-state index contributed by atoms with van der Waals surface area (Å²) < 4.78 is 0. The van der Waals surface area contributed by atoms with E-state index in [9.17, 15) is 9.59 Å². The Labute approximate surface area is 126 Å². The van der Waals surface area contributed by atoms with Crippen molar-refractivity contribution in [3.8, 4) is 0 Å². The Balaban J connectivity index is 1.87. The molecule has 1 aliphatic rings. The first kappa shape index (κ1) is 15.5. The lowest BCUT2D eigenvalue weighted by atomic mass is 9.89. The molecular formula is C17H24N2O2. The molecule has 0 atom stereocenters. The van der Waals surface area contributed by atoms with E-state index in [1.54, 1.807) is 0 Å². The van der Waals surface area contributed by atoms with Crippen LogP contribution in [0, 0.1) is 12.8 Å². The van der Waals surface area contributed by atoms with Crippen molar-refractivity contribution in [1.82, 2.24) is 10.2 Å². The average Bonchev–Trinajstić information content (AvgIpc) is 2.53. The number of aryl methyl sites for hydroxylation is 1. The first-order chi connectivity index (χ1) is 10.1. The minimum atomic E-state index is -0.00177. The summed E-state index contributed by atoms with van der Waals surface area (Å²) in [6.45, 7) is 6.09. The summed E-state index contributed by atoms with van der Waals surface area (Å²) in [7, 11) is 0. The number of piperidine rings is 1. The second-order valence-electron chi connectivity index (χ2n) is 5.72. The van der Waals surface area contributed by atoms with Gasteiger partial charge in [0.15, 0.2) is 5.78 Å². The molecule has 21 heavy (non-hydrogen) atoms. The Kier molecular flexibility index (Phi) is 5.37. The molecule has 0 unspecified atom stereocenters. The molecule has 2 rings (SSSR count). The third kappa shape index (κ3) is 4.06. The molecule has 0 bridgehead atoms. The lowest BCUT2D eigenvalue weighted by Gasteiger charge is -2.31. The highest BCUT2D eigenvalue weighted by Gasteiger charge is 2.27. The molecule has 4 heteroatoms. The summed E-state index contributed by atoms with van der Waals surface area (Å²) in [5.74, 6) is 0.256. The molecule has 1 aliphatic heterocycles. The van der Waals surface area contributed by atoms with E-state index in [1.165, 1.54) is 0 Å². The lowest BCUT2D eigenvalue weighted by Crippen LogP contribution is -2.45. The number of nitrogens with one attached hydrogen (secondary N) is 1. The number of urea groups is 1. The van der Waals surface area contributed by atoms with Crippen LogP contribution in [0.1, 0.15) is 42.1 Å². The number of hydrogen-bond donors (Lipinski definition) is 1. The van der Waals surface area contributed by atoms with Gasteiger partial charge in [-0.1, -0.05) is 36.8 Å². The van der Waals surface area contributed by atoms with Crippen LogP contribution in [-0.4, -0.2) is 36.3 Å². The van der Waals surface area contributed by atoms with Crippen LogP contribution in [0.2, 0.25) is 0 Å². The van der Waals surface area contributed by atoms with E-state index in [0.29, 0.717) is 19.6 Å². The summed E-state index contributed by atoms with van der Waals surface area (Å²) >= 11 is 0. The maximum atomic E-state index is 12.4. The van der Waals surface area contributed by atoms with Crippen molar-refractivity contribution in [2.75, 3.05) is 19.6 Å². The van der Waals surface area contributed by atoms with Crippen molar-refractivity contribution in [2.45, 2.75) is 33.1 Å². The first-order valence-corrected chi connectivity index (χ1v) is 7.75. The minimum Gasteiger partial charge on any atom is -0.338 e. The number of nitrogens with zero attached hydrogens (tertiary/aromatic N) is 1. The fraction of sp³-hybridized carbons (Fsp3) is 0.529. The molecule has 1 aromatic rings. The van der Waals surface area contributed by atoms with Gasteiger partial charge in [0.05, 0.1) is 0 Å². The average molecular weight is 288 g/mol. The van der Waals surface area contributed by atoms with Gasteiger partial charge in [0.25, 0.3) is 0 Å². The monoisotopic (exact) mass is 288 g/mol. The second-order valence-corrected chi connectivity index (χ2v) is 5.72. The SMILES string of the molecule is CCCNC(=O)N1CCC(C(=O)c2ccc(C)cc2)CC1. The first-order valence-electron chi connectivity index (χ1n) is 7.75. The quantitative estimate of drug-likeness (QED) is 0.866. The maximum absolute atomic E-state index is 12.4. The Morgan fingerprint density at radius 2 is 1.81 bits per heavy atom. The Morgan fingerprint density at radius 1 is 1.19 bits per heavy atom. The topological polar surface area (TPSA) is 49.4 Å². The van der Waals surface area contributed by atoms with E-state index in [1.807, 2.05) is 43.0 Å². The summed E-state index contributed by atoms with van der Waals surface area (Å²) in [5, 5.41) is 2.89. The fourth-order valence-electron chi connectivity index (χ4n) is 2.64. The number of benzene rings is 1. The van der Waals surface area contributed by atoms with Crippen molar-refractivity contribution in [1.29, 1.82) is 0 Å². The molecule has 2 amide bonds. The van der Waals surface area contributed by atoms with Crippen molar-refractivity contribution >= 4 is 11.8 Å². The number of carbonyl (C=O) groups is 2. The summed E-state index contributed by atoms with van der Waals surface area (Å²) in [5.41, 5.74) is 1.95. The number of hydrogen-bond acceptors (Lipinski definition) is 2. The van der Waals surface area contributed by atoms with Crippen molar-refractivity contribution in [3.05, 3.63) is 35.4 Å². The van der Waals surface area contributed by atoms with Gasteiger partial charge in [-0.3, -0.25) is 4.79 Å². The molecule has 0 aliphatic carbocycles. The summed E-state index contributed by atoms with van der Waals surface area (Å²) in [6.07, 6.45) is 2.45. The Hall–Kier alpha value is -1.84. The van der Waals surface area contributed by atoms with Gasteiger partial charge < -0.3 is 10.2 Å². The number of carbonyl (C=O) groups excluding carboxylic acids is 2. The van der Waals surface area contributed by atoms with Crippen LogP contribution in [0.4, 0.5) is 4.79 Å². The van der Waals surface area contributed by atoms with Gasteiger partial charge in [-0.05, 0) is 26.2 Å². The number of amides is 2. The maximum Gasteiger partial charge on any atom is 0.317 e. The van der Waals surface area contributed by atoms with Crippen LogP contribution in [0.25, 0.3) is 0 Å². The van der Waals surface area contributed by atoms with Gasteiger partial charge in [0.2, 0.25) is 0 Å². The second kappa shape index (κ2) is 7.25. The third-order valence-corrected chi connectivity index (χ3v) is 4.02. The van der Waals surface area contributed by atoms with Gasteiger partial charge in [0, 0.05) is 31.1 Å². The van der Waals surface area contributed by atoms with E-state index >= 15 is 0 Å². The molecular weight excluding hydrogens is 264 g/mol. The van der Waals surface area contributed by atoms with E-state index in [2.05, 4.69) is 5.32 Å². The largest absolute Gasteiger partial charge is 0.338 e. The molecule has 114 valence electrons. The van der Waals surface area contributed by atoms with Crippen molar-refractivity contribution in [2.24, 2.45) is 5.92 Å². The highest BCUT2D eigenvalue weighted by atomic mass is 16.2. The van der Waals surface area contributed by atoms with Gasteiger partial charge >= 0.3 is 6.03 Å². The minimum absolute atomic E-state index is 0.00177. The highest BCUT2D eigenvalue weighted by molar-refractivity contribution is 5.98. The van der Waals surface area contributed by atoms with Gasteiger partial charge in [-0.15, -0.1) is 0 Å². The lowest BCUT2D eigenvalue weighted by molar-refractivity contribution is 0.0854. The molecule has 4 nitrogen and oxygen atoms in total. The normalized spacial score (nSPS) is 15.8. The number of ketones is 1. The van der Waals surface area contributed by atoms with Crippen molar-refractivity contribution < 1.29 is 9.59 Å². The predicted molar refractivity (Wildman–Crippen MR) is 83.5 cm³/mol. The number of likely N-dealkylation sites (tertiary alicyclic amines) is 1. The molecule has 1 aromatic carbocycles. The van der Waals surface area contributed by atoms with Gasteiger partial charge in [0.1, 0.15) is 0 Å². The fourth-order valence-corrected chi connectivity index (χ4v) is 2.64. The van der Waals surface area contributed by atoms with E-state index in [0.717, 1.165) is 30.4 Å². The zero-order valence-electron chi connectivity index (χ0n) is 12.9. The molecule has 1 saturated heterocycles. The number of Topliss-reactive ketones (excluding diaryl/α,β-unsaturated/α-hetero) is 1. The van der Waals surface area contributed by atoms with E-state index in [4.69, 9.17) is 0 Å². The molecule has 1 fully saturated rings. The Bertz CT molecular complexity index is 488. The third-order valence-electron chi connectivity index (χ3n) is 4.02. The number of rotatable bonds is 4. The highest BCUT2D eigenvalue weighted by Crippen LogP contribution is 2.22. The van der Waals surface area contributed by atoms with Crippen LogP contribution in [0.15, 0.2) is 24.3 Å². The van der Waals surface area contributed by atoms with Crippen LogP contribution in [0.5, 0.6) is 0 Å². The Morgan fingerprint density at radius 3 is 2.38 bits per heavy atom. The van der Waals surface area contributed by atoms with Crippen LogP contribution >= 0.6 is 0 Å².